The predicted molar refractivity (Wildman–Crippen MR) is 102 cm³/mol. The lowest BCUT2D eigenvalue weighted by atomic mass is 10.2. The lowest BCUT2D eigenvalue weighted by molar-refractivity contribution is -0.150. The van der Waals surface area contributed by atoms with E-state index < -0.39 is 18.0 Å². The molecule has 3 rings (SSSR count). The third kappa shape index (κ3) is 4.82. The van der Waals surface area contributed by atoms with Gasteiger partial charge in [-0.25, -0.2) is 4.79 Å². The molecule has 0 aliphatic carbocycles. The summed E-state index contributed by atoms with van der Waals surface area (Å²) in [6.07, 6.45) is 1.92. The molecule has 1 aliphatic heterocycles. The maximum absolute atomic E-state index is 12.2. The fourth-order valence-corrected chi connectivity index (χ4v) is 2.61. The number of fused-ring (bicyclic) bond motifs is 1. The highest BCUT2D eigenvalue weighted by Crippen LogP contribution is 2.32. The number of para-hydroxylation sites is 1. The van der Waals surface area contributed by atoms with E-state index in [9.17, 15) is 9.59 Å². The number of nitrogens with one attached hydrogen (secondary N) is 1. The number of benzene rings is 2. The van der Waals surface area contributed by atoms with Crippen LogP contribution >= 0.6 is 0 Å². The van der Waals surface area contributed by atoms with Gasteiger partial charge in [-0.1, -0.05) is 24.3 Å². The molecule has 0 saturated heterocycles. The third-order valence-corrected chi connectivity index (χ3v) is 4.10. The first-order chi connectivity index (χ1) is 13.6. The zero-order chi connectivity index (χ0) is 19.9. The largest absolute Gasteiger partial charge is 0.496 e. The molecule has 1 amide bonds. The molecule has 0 spiro atoms. The minimum Gasteiger partial charge on any atom is -0.496 e. The Morgan fingerprint density at radius 3 is 2.79 bits per heavy atom. The third-order valence-electron chi connectivity index (χ3n) is 4.10. The summed E-state index contributed by atoms with van der Waals surface area (Å²) in [4.78, 5) is 24.1. The molecule has 0 bridgehead atoms. The van der Waals surface area contributed by atoms with Crippen LogP contribution in [0.1, 0.15) is 18.1 Å². The van der Waals surface area contributed by atoms with Crippen LogP contribution in [0.3, 0.4) is 0 Å². The van der Waals surface area contributed by atoms with Crippen LogP contribution in [0.2, 0.25) is 0 Å². The normalized spacial score (nSPS) is 13.2. The number of esters is 1. The molecule has 0 radical (unpaired) electrons. The Bertz CT molecular complexity index is 892. The molecule has 1 unspecified atom stereocenters. The molecule has 2 aromatic carbocycles. The fraction of sp³-hybridized carbons (Fsp3) is 0.238. The Morgan fingerprint density at radius 2 is 1.96 bits per heavy atom. The quantitative estimate of drug-likeness (QED) is 0.585. The lowest BCUT2D eigenvalue weighted by Gasteiger charge is -2.12. The summed E-state index contributed by atoms with van der Waals surface area (Å²) < 4.78 is 20.9. The number of amides is 1. The summed E-state index contributed by atoms with van der Waals surface area (Å²) in [5.74, 6) is 0.960. The lowest BCUT2D eigenvalue weighted by Crippen LogP contribution is -2.35. The van der Waals surface area contributed by atoms with Gasteiger partial charge >= 0.3 is 5.97 Å². The average Bonchev–Trinajstić information content (AvgIpc) is 3.18. The van der Waals surface area contributed by atoms with Gasteiger partial charge in [0.15, 0.2) is 17.6 Å². The van der Waals surface area contributed by atoms with Crippen molar-refractivity contribution in [3.8, 4) is 17.2 Å². The Labute approximate surface area is 162 Å². The molecule has 1 aliphatic rings. The summed E-state index contributed by atoms with van der Waals surface area (Å²) in [7, 11) is 1.55. The molecule has 1 N–H and O–H groups in total. The Balaban J connectivity index is 1.49. The fourth-order valence-electron chi connectivity index (χ4n) is 2.61. The van der Waals surface area contributed by atoms with Gasteiger partial charge in [-0.3, -0.25) is 4.79 Å². The van der Waals surface area contributed by atoms with Crippen LogP contribution in [-0.4, -0.2) is 31.9 Å². The van der Waals surface area contributed by atoms with Gasteiger partial charge in [0.25, 0.3) is 5.91 Å². The van der Waals surface area contributed by atoms with Crippen LogP contribution in [0.5, 0.6) is 17.2 Å². The van der Waals surface area contributed by atoms with Crippen LogP contribution in [-0.2, 0) is 20.9 Å². The summed E-state index contributed by atoms with van der Waals surface area (Å²) in [6, 6.07) is 12.7. The minimum atomic E-state index is -0.927. The van der Waals surface area contributed by atoms with Crippen LogP contribution < -0.4 is 19.5 Å². The first-order valence-electron chi connectivity index (χ1n) is 8.75. The molecular formula is C21H21NO6. The Kier molecular flexibility index (Phi) is 6.16. The van der Waals surface area contributed by atoms with E-state index in [1.54, 1.807) is 31.4 Å². The van der Waals surface area contributed by atoms with Crippen molar-refractivity contribution in [2.45, 2.75) is 19.6 Å². The number of hydrogen-bond acceptors (Lipinski definition) is 6. The minimum absolute atomic E-state index is 0.195. The number of hydrogen-bond donors (Lipinski definition) is 1. The van der Waals surface area contributed by atoms with E-state index in [1.165, 1.54) is 13.0 Å². The molecule has 146 valence electrons. The SMILES string of the molecule is COc1ccccc1C=CC(=O)OC(C)C(=O)NCc1ccc2c(c1)OCO2. The molecule has 2 aromatic rings. The highest BCUT2D eigenvalue weighted by atomic mass is 16.7. The number of rotatable bonds is 7. The Hall–Kier alpha value is -3.48. The first-order valence-corrected chi connectivity index (χ1v) is 8.75. The van der Waals surface area contributed by atoms with Gasteiger partial charge in [-0.2, -0.15) is 0 Å². The van der Waals surface area contributed by atoms with Crippen molar-refractivity contribution in [3.63, 3.8) is 0 Å². The standard InChI is InChI=1S/C21H21NO6/c1-14(28-20(23)10-8-16-5-3-4-6-17(16)25-2)21(24)22-12-15-7-9-18-19(11-15)27-13-26-18/h3-11,14H,12-13H2,1-2H3,(H,22,24). The zero-order valence-corrected chi connectivity index (χ0v) is 15.6. The van der Waals surface area contributed by atoms with Gasteiger partial charge < -0.3 is 24.3 Å². The van der Waals surface area contributed by atoms with Gasteiger partial charge in [-0.15, -0.1) is 0 Å². The molecule has 0 fully saturated rings. The van der Waals surface area contributed by atoms with E-state index in [-0.39, 0.29) is 13.3 Å². The second kappa shape index (κ2) is 8.94. The second-order valence-electron chi connectivity index (χ2n) is 6.06. The van der Waals surface area contributed by atoms with Gasteiger partial charge in [0.2, 0.25) is 6.79 Å². The highest BCUT2D eigenvalue weighted by molar-refractivity contribution is 5.90. The summed E-state index contributed by atoms with van der Waals surface area (Å²) in [5.41, 5.74) is 1.59. The molecular weight excluding hydrogens is 362 g/mol. The van der Waals surface area contributed by atoms with E-state index in [0.29, 0.717) is 17.2 Å². The number of carbonyl (C=O) groups excluding carboxylic acids is 2. The molecule has 0 aromatic heterocycles. The van der Waals surface area contributed by atoms with Crippen molar-refractivity contribution in [1.29, 1.82) is 0 Å². The number of carbonyl (C=O) groups is 2. The maximum atomic E-state index is 12.2. The summed E-state index contributed by atoms with van der Waals surface area (Å²) in [5, 5.41) is 2.73. The van der Waals surface area contributed by atoms with E-state index in [1.807, 2.05) is 24.3 Å². The van der Waals surface area contributed by atoms with Crippen molar-refractivity contribution in [1.82, 2.24) is 5.32 Å². The van der Waals surface area contributed by atoms with Crippen molar-refractivity contribution < 1.29 is 28.5 Å². The van der Waals surface area contributed by atoms with Crippen molar-refractivity contribution in [3.05, 3.63) is 59.7 Å². The zero-order valence-electron chi connectivity index (χ0n) is 15.6. The average molecular weight is 383 g/mol. The summed E-state index contributed by atoms with van der Waals surface area (Å²) in [6.45, 7) is 2.00. The van der Waals surface area contributed by atoms with Crippen LogP contribution in [0.4, 0.5) is 0 Å². The molecule has 7 nitrogen and oxygen atoms in total. The highest BCUT2D eigenvalue weighted by Gasteiger charge is 2.17. The van der Waals surface area contributed by atoms with Gasteiger partial charge in [-0.05, 0) is 36.8 Å². The smallest absolute Gasteiger partial charge is 0.331 e. The van der Waals surface area contributed by atoms with Gasteiger partial charge in [0, 0.05) is 18.2 Å². The number of methoxy groups -OCH3 is 1. The van der Waals surface area contributed by atoms with Crippen LogP contribution in [0.15, 0.2) is 48.5 Å². The van der Waals surface area contributed by atoms with E-state index in [2.05, 4.69) is 5.32 Å². The second-order valence-corrected chi connectivity index (χ2v) is 6.06. The Morgan fingerprint density at radius 1 is 1.18 bits per heavy atom. The van der Waals surface area contributed by atoms with Gasteiger partial charge in [0.1, 0.15) is 5.75 Å². The molecule has 28 heavy (non-hydrogen) atoms. The van der Waals surface area contributed by atoms with E-state index >= 15 is 0 Å². The molecule has 0 saturated carbocycles. The monoisotopic (exact) mass is 383 g/mol. The molecule has 1 atom stereocenters. The van der Waals surface area contributed by atoms with E-state index in [4.69, 9.17) is 18.9 Å². The van der Waals surface area contributed by atoms with Crippen LogP contribution in [0.25, 0.3) is 6.08 Å². The van der Waals surface area contributed by atoms with Crippen molar-refractivity contribution >= 4 is 18.0 Å². The van der Waals surface area contributed by atoms with Crippen molar-refractivity contribution in [2.75, 3.05) is 13.9 Å². The topological polar surface area (TPSA) is 83.1 Å². The number of ether oxygens (including phenoxy) is 4. The van der Waals surface area contributed by atoms with Crippen LogP contribution in [0, 0.1) is 0 Å². The molecule has 1 heterocycles. The predicted octanol–water partition coefficient (Wildman–Crippen LogP) is 2.69. The van der Waals surface area contributed by atoms with E-state index in [0.717, 1.165) is 11.1 Å². The molecule has 7 heteroatoms. The first kappa shape index (κ1) is 19.3. The summed E-state index contributed by atoms with van der Waals surface area (Å²) >= 11 is 0. The maximum Gasteiger partial charge on any atom is 0.331 e. The van der Waals surface area contributed by atoms with Crippen molar-refractivity contribution in [2.24, 2.45) is 0 Å². The van der Waals surface area contributed by atoms with Gasteiger partial charge in [0.05, 0.1) is 7.11 Å².